The summed E-state index contributed by atoms with van der Waals surface area (Å²) in [6.07, 6.45) is 2.20. The van der Waals surface area contributed by atoms with E-state index in [9.17, 15) is 0 Å². The van der Waals surface area contributed by atoms with Crippen LogP contribution in [0.15, 0.2) is 4.99 Å². The predicted molar refractivity (Wildman–Crippen MR) is 76.3 cm³/mol. The number of nitrogens with one attached hydrogen (secondary N) is 1. The zero-order valence-electron chi connectivity index (χ0n) is 11.6. The number of hydrogen-bond donors (Lipinski definition) is 1. The maximum Gasteiger partial charge on any atom is 0.157 e. The summed E-state index contributed by atoms with van der Waals surface area (Å²) in [5.74, 6) is 0.741. The minimum Gasteiger partial charge on any atom is -0.378 e. The van der Waals surface area contributed by atoms with Gasteiger partial charge >= 0.3 is 0 Å². The molecule has 2 aliphatic heterocycles. The Labute approximate surface area is 114 Å². The van der Waals surface area contributed by atoms with Crippen LogP contribution in [0.4, 0.5) is 0 Å². The molecule has 5 heteroatoms. The second-order valence-corrected chi connectivity index (χ2v) is 6.85. The molecule has 0 amide bonds. The van der Waals surface area contributed by atoms with Crippen molar-refractivity contribution in [2.24, 2.45) is 10.9 Å². The number of nitrogens with zero attached hydrogens (tertiary/aromatic N) is 1. The van der Waals surface area contributed by atoms with Crippen molar-refractivity contribution >= 4 is 16.9 Å². The first kappa shape index (κ1) is 14.2. The van der Waals surface area contributed by atoms with Crippen LogP contribution in [0.1, 0.15) is 26.7 Å². The monoisotopic (exact) mass is 272 g/mol. The number of rotatable bonds is 5. The van der Waals surface area contributed by atoms with Gasteiger partial charge in [-0.1, -0.05) is 25.6 Å². The molecule has 18 heavy (non-hydrogen) atoms. The average molecular weight is 272 g/mol. The molecule has 0 aromatic heterocycles. The van der Waals surface area contributed by atoms with Gasteiger partial charge in [-0.3, -0.25) is 4.99 Å². The van der Waals surface area contributed by atoms with E-state index in [1.54, 1.807) is 7.11 Å². The van der Waals surface area contributed by atoms with Crippen LogP contribution in [0.5, 0.6) is 0 Å². The zero-order valence-corrected chi connectivity index (χ0v) is 12.4. The Hall–Kier alpha value is -0.260. The third kappa shape index (κ3) is 3.62. The fourth-order valence-electron chi connectivity index (χ4n) is 2.36. The molecule has 104 valence electrons. The van der Waals surface area contributed by atoms with Crippen LogP contribution in [0.2, 0.25) is 0 Å². The summed E-state index contributed by atoms with van der Waals surface area (Å²) in [6, 6.07) is 0. The molecule has 2 atom stereocenters. The molecule has 0 radical (unpaired) electrons. The summed E-state index contributed by atoms with van der Waals surface area (Å²) in [4.78, 5) is 4.57. The lowest BCUT2D eigenvalue weighted by molar-refractivity contribution is -0.0125. The molecule has 0 aliphatic carbocycles. The van der Waals surface area contributed by atoms with Crippen LogP contribution in [0.3, 0.4) is 0 Å². The lowest BCUT2D eigenvalue weighted by atomic mass is 10.0. The Kier molecular flexibility index (Phi) is 4.92. The third-order valence-electron chi connectivity index (χ3n) is 3.51. The van der Waals surface area contributed by atoms with Gasteiger partial charge in [0, 0.05) is 31.9 Å². The van der Waals surface area contributed by atoms with Crippen LogP contribution in [-0.2, 0) is 9.47 Å². The van der Waals surface area contributed by atoms with Crippen LogP contribution < -0.4 is 5.32 Å². The molecule has 0 saturated carbocycles. The molecule has 0 spiro atoms. The highest BCUT2D eigenvalue weighted by molar-refractivity contribution is 8.14. The Morgan fingerprint density at radius 3 is 3.06 bits per heavy atom. The quantitative estimate of drug-likeness (QED) is 0.830. The van der Waals surface area contributed by atoms with E-state index in [2.05, 4.69) is 24.2 Å². The standard InChI is InChI=1S/C13H24N2O2S/c1-10(2)6-11-7-14-12(18-11)15-8-13(16-3)4-5-17-9-13/h10-11H,4-9H2,1-3H3,(H,14,15). The van der Waals surface area contributed by atoms with Gasteiger partial charge in [-0.15, -0.1) is 0 Å². The minimum absolute atomic E-state index is 0.154. The van der Waals surface area contributed by atoms with Gasteiger partial charge in [0.15, 0.2) is 5.17 Å². The van der Waals surface area contributed by atoms with Gasteiger partial charge in [0.2, 0.25) is 0 Å². The van der Waals surface area contributed by atoms with Crippen molar-refractivity contribution in [1.82, 2.24) is 5.32 Å². The van der Waals surface area contributed by atoms with E-state index in [0.29, 0.717) is 11.9 Å². The van der Waals surface area contributed by atoms with Crippen molar-refractivity contribution < 1.29 is 9.47 Å². The zero-order chi connectivity index (χ0) is 13.0. The lowest BCUT2D eigenvalue weighted by Crippen LogP contribution is -2.44. The molecule has 2 aliphatic rings. The highest BCUT2D eigenvalue weighted by atomic mass is 32.2. The Balaban J connectivity index is 1.74. The van der Waals surface area contributed by atoms with Gasteiger partial charge in [-0.05, 0) is 12.3 Å². The Morgan fingerprint density at radius 2 is 2.44 bits per heavy atom. The topological polar surface area (TPSA) is 42.8 Å². The van der Waals surface area contributed by atoms with Gasteiger partial charge < -0.3 is 14.8 Å². The van der Waals surface area contributed by atoms with Gasteiger partial charge in [-0.2, -0.15) is 0 Å². The van der Waals surface area contributed by atoms with Crippen molar-refractivity contribution in [3.63, 3.8) is 0 Å². The number of thioether (sulfide) groups is 1. The minimum atomic E-state index is -0.154. The summed E-state index contributed by atoms with van der Waals surface area (Å²) in [7, 11) is 1.77. The number of amidine groups is 1. The van der Waals surface area contributed by atoms with Gasteiger partial charge in [0.25, 0.3) is 0 Å². The molecule has 4 nitrogen and oxygen atoms in total. The van der Waals surface area contributed by atoms with Crippen molar-refractivity contribution in [2.45, 2.75) is 37.5 Å². The van der Waals surface area contributed by atoms with Gasteiger partial charge in [0.05, 0.1) is 13.2 Å². The molecule has 1 fully saturated rings. The Morgan fingerprint density at radius 1 is 1.61 bits per heavy atom. The maximum atomic E-state index is 5.60. The summed E-state index contributed by atoms with van der Waals surface area (Å²) in [5.41, 5.74) is -0.154. The number of ether oxygens (including phenoxy) is 2. The van der Waals surface area contributed by atoms with Gasteiger partial charge in [0.1, 0.15) is 5.60 Å². The van der Waals surface area contributed by atoms with E-state index in [1.807, 2.05) is 11.8 Å². The average Bonchev–Trinajstić information content (AvgIpc) is 2.95. The molecule has 2 rings (SSSR count). The maximum absolute atomic E-state index is 5.60. The smallest absolute Gasteiger partial charge is 0.157 e. The van der Waals surface area contributed by atoms with Crippen molar-refractivity contribution in [1.29, 1.82) is 0 Å². The predicted octanol–water partition coefficient (Wildman–Crippen LogP) is 1.90. The lowest BCUT2D eigenvalue weighted by Gasteiger charge is -2.26. The number of aliphatic imine (C=N–C) groups is 1. The first-order valence-electron chi connectivity index (χ1n) is 6.71. The summed E-state index contributed by atoms with van der Waals surface area (Å²) in [5, 5.41) is 5.14. The number of hydrogen-bond acceptors (Lipinski definition) is 5. The molecule has 0 aromatic carbocycles. The molecule has 0 bridgehead atoms. The fraction of sp³-hybridized carbons (Fsp3) is 0.923. The third-order valence-corrected chi connectivity index (χ3v) is 4.68. The highest BCUT2D eigenvalue weighted by Crippen LogP contribution is 2.27. The highest BCUT2D eigenvalue weighted by Gasteiger charge is 2.35. The molecule has 0 aromatic rings. The van der Waals surface area contributed by atoms with E-state index in [-0.39, 0.29) is 5.60 Å². The van der Waals surface area contributed by atoms with E-state index < -0.39 is 0 Å². The van der Waals surface area contributed by atoms with Crippen molar-refractivity contribution in [3.05, 3.63) is 0 Å². The molecule has 1 N–H and O–H groups in total. The Bertz CT molecular complexity index is 301. The van der Waals surface area contributed by atoms with Crippen molar-refractivity contribution in [3.8, 4) is 0 Å². The molecule has 2 unspecified atom stereocenters. The second kappa shape index (κ2) is 6.26. The first-order valence-corrected chi connectivity index (χ1v) is 7.59. The molecular weight excluding hydrogens is 248 g/mol. The van der Waals surface area contributed by atoms with Crippen LogP contribution in [-0.4, -0.2) is 49.4 Å². The van der Waals surface area contributed by atoms with Crippen LogP contribution in [0.25, 0.3) is 0 Å². The van der Waals surface area contributed by atoms with Crippen LogP contribution in [0, 0.1) is 5.92 Å². The van der Waals surface area contributed by atoms with Crippen LogP contribution >= 0.6 is 11.8 Å². The largest absolute Gasteiger partial charge is 0.378 e. The van der Waals surface area contributed by atoms with E-state index in [4.69, 9.17) is 9.47 Å². The van der Waals surface area contributed by atoms with E-state index in [0.717, 1.165) is 37.2 Å². The summed E-state index contributed by atoms with van der Waals surface area (Å²) < 4.78 is 11.0. The summed E-state index contributed by atoms with van der Waals surface area (Å²) in [6.45, 7) is 7.75. The summed E-state index contributed by atoms with van der Waals surface area (Å²) >= 11 is 1.87. The normalized spacial score (nSPS) is 32.0. The first-order chi connectivity index (χ1) is 8.63. The molecular formula is C13H24N2O2S. The van der Waals surface area contributed by atoms with E-state index >= 15 is 0 Å². The molecule has 1 saturated heterocycles. The SMILES string of the molecule is COC1(CNC2=NCC(CC(C)C)S2)CCOC1. The van der Waals surface area contributed by atoms with Gasteiger partial charge in [-0.25, -0.2) is 0 Å². The molecule has 2 heterocycles. The fourth-order valence-corrected chi connectivity index (χ4v) is 3.61. The van der Waals surface area contributed by atoms with E-state index in [1.165, 1.54) is 6.42 Å². The van der Waals surface area contributed by atoms with Crippen molar-refractivity contribution in [2.75, 3.05) is 33.4 Å². The second-order valence-electron chi connectivity index (χ2n) is 5.56. The number of methoxy groups -OCH3 is 1.